The van der Waals surface area contributed by atoms with E-state index in [9.17, 15) is 4.79 Å². The molecule has 2 fully saturated rings. The van der Waals surface area contributed by atoms with Crippen LogP contribution in [0.3, 0.4) is 0 Å². The largest absolute Gasteiger partial charge is 0.354 e. The molecular formula is C25H35N5O. The zero-order chi connectivity index (χ0) is 21.6. The lowest BCUT2D eigenvalue weighted by Crippen LogP contribution is -2.51. The Bertz CT molecular complexity index is 820. The number of nitrogens with zero attached hydrogens (tertiary/aromatic N) is 5. The second-order valence-corrected chi connectivity index (χ2v) is 9.02. The van der Waals surface area contributed by atoms with E-state index in [0.29, 0.717) is 5.92 Å². The average molecular weight is 422 g/mol. The van der Waals surface area contributed by atoms with Crippen molar-refractivity contribution in [3.63, 3.8) is 0 Å². The summed E-state index contributed by atoms with van der Waals surface area (Å²) >= 11 is 0. The number of piperidine rings is 1. The molecule has 4 rings (SSSR count). The molecule has 166 valence electrons. The van der Waals surface area contributed by atoms with Crippen LogP contribution in [0.5, 0.6) is 0 Å². The number of rotatable bonds is 6. The Morgan fingerprint density at radius 3 is 2.45 bits per heavy atom. The van der Waals surface area contributed by atoms with E-state index < -0.39 is 0 Å². The maximum absolute atomic E-state index is 13.1. The van der Waals surface area contributed by atoms with E-state index in [1.165, 1.54) is 6.42 Å². The van der Waals surface area contributed by atoms with Crippen LogP contribution in [-0.2, 0) is 4.79 Å². The van der Waals surface area contributed by atoms with Gasteiger partial charge >= 0.3 is 0 Å². The van der Waals surface area contributed by atoms with Crippen LogP contribution < -0.4 is 4.90 Å². The first-order valence-corrected chi connectivity index (χ1v) is 11.5. The van der Waals surface area contributed by atoms with Gasteiger partial charge in [0.15, 0.2) is 0 Å². The Labute approximate surface area is 186 Å². The number of carbonyl (C=O) groups excluding carboxylic acids is 1. The van der Waals surface area contributed by atoms with Gasteiger partial charge in [0, 0.05) is 59.6 Å². The van der Waals surface area contributed by atoms with E-state index >= 15 is 0 Å². The number of piperazine rings is 1. The number of likely N-dealkylation sites (N-methyl/N-ethyl adjacent to an activating group) is 1. The summed E-state index contributed by atoms with van der Waals surface area (Å²) in [6, 6.07) is 16.2. The summed E-state index contributed by atoms with van der Waals surface area (Å²) in [7, 11) is 3.72. The molecule has 2 aromatic rings. The van der Waals surface area contributed by atoms with Gasteiger partial charge in [0.1, 0.15) is 11.9 Å². The number of likely N-dealkylation sites (tertiary alicyclic amines) is 1. The lowest BCUT2D eigenvalue weighted by molar-refractivity contribution is -0.135. The van der Waals surface area contributed by atoms with Crippen molar-refractivity contribution in [1.82, 2.24) is 19.7 Å². The molecule has 1 aromatic heterocycles. The third-order valence-corrected chi connectivity index (χ3v) is 6.57. The van der Waals surface area contributed by atoms with Crippen molar-refractivity contribution in [2.24, 2.45) is 5.92 Å². The highest BCUT2D eigenvalue weighted by atomic mass is 16.2. The van der Waals surface area contributed by atoms with Gasteiger partial charge in [0.05, 0.1) is 0 Å². The molecule has 0 spiro atoms. The number of benzene rings is 1. The molecule has 2 saturated heterocycles. The minimum Gasteiger partial charge on any atom is -0.354 e. The van der Waals surface area contributed by atoms with Crippen molar-refractivity contribution in [3.05, 3.63) is 60.3 Å². The zero-order valence-corrected chi connectivity index (χ0v) is 18.9. The van der Waals surface area contributed by atoms with Crippen LogP contribution in [0.15, 0.2) is 54.7 Å². The number of anilines is 1. The lowest BCUT2D eigenvalue weighted by atomic mass is 9.93. The molecule has 0 aliphatic carbocycles. The van der Waals surface area contributed by atoms with Crippen LogP contribution in [0, 0.1) is 5.92 Å². The highest BCUT2D eigenvalue weighted by Gasteiger charge is 2.33. The lowest BCUT2D eigenvalue weighted by Gasteiger charge is -2.42. The van der Waals surface area contributed by atoms with E-state index in [1.807, 2.05) is 44.6 Å². The van der Waals surface area contributed by atoms with Gasteiger partial charge < -0.3 is 9.80 Å². The standard InChI is InChI=1S/C25H35N5O/c1-27(2)25(31)24(22-10-4-3-5-11-22)30-14-8-9-21(20-30)19-28-15-17-29(18-16-28)23-12-6-7-13-26-23/h3-7,10-13,21,24H,8-9,14-20H2,1-2H3. The fraction of sp³-hybridized carbons (Fsp3) is 0.520. The summed E-state index contributed by atoms with van der Waals surface area (Å²) in [5.74, 6) is 1.87. The topological polar surface area (TPSA) is 42.9 Å². The number of hydrogen-bond acceptors (Lipinski definition) is 5. The summed E-state index contributed by atoms with van der Waals surface area (Å²) in [5, 5.41) is 0. The Kier molecular flexibility index (Phi) is 7.20. The van der Waals surface area contributed by atoms with Crippen molar-refractivity contribution in [2.45, 2.75) is 18.9 Å². The average Bonchev–Trinajstić information content (AvgIpc) is 2.81. The number of aromatic nitrogens is 1. The normalized spacial score (nSPS) is 21.6. The van der Waals surface area contributed by atoms with E-state index in [2.05, 4.69) is 43.9 Å². The smallest absolute Gasteiger partial charge is 0.244 e. The second kappa shape index (κ2) is 10.2. The van der Waals surface area contributed by atoms with Crippen LogP contribution in [0.1, 0.15) is 24.4 Å². The summed E-state index contributed by atoms with van der Waals surface area (Å²) in [6.45, 7) is 7.29. The van der Waals surface area contributed by atoms with E-state index in [0.717, 1.165) is 63.6 Å². The maximum Gasteiger partial charge on any atom is 0.244 e. The van der Waals surface area contributed by atoms with Crippen LogP contribution in [-0.4, -0.2) is 85.5 Å². The summed E-state index contributed by atoms with van der Waals surface area (Å²) in [4.78, 5) is 26.7. The Morgan fingerprint density at radius 2 is 1.77 bits per heavy atom. The molecule has 1 amide bonds. The molecule has 2 unspecified atom stereocenters. The first-order chi connectivity index (χ1) is 15.1. The molecule has 3 heterocycles. The molecule has 6 heteroatoms. The van der Waals surface area contributed by atoms with Gasteiger partial charge in [0.2, 0.25) is 5.91 Å². The zero-order valence-electron chi connectivity index (χ0n) is 18.9. The number of amides is 1. The fourth-order valence-electron chi connectivity index (χ4n) is 4.94. The van der Waals surface area contributed by atoms with E-state index in [4.69, 9.17) is 0 Å². The molecule has 1 aromatic carbocycles. The molecule has 0 bridgehead atoms. The highest BCUT2D eigenvalue weighted by Crippen LogP contribution is 2.29. The SMILES string of the molecule is CN(C)C(=O)C(c1ccccc1)N1CCCC(CN2CCN(c3ccccn3)CC2)C1. The maximum atomic E-state index is 13.1. The molecule has 2 aliphatic rings. The third kappa shape index (κ3) is 5.43. The van der Waals surface area contributed by atoms with Gasteiger partial charge in [-0.3, -0.25) is 14.6 Å². The monoisotopic (exact) mass is 421 g/mol. The van der Waals surface area contributed by atoms with E-state index in [-0.39, 0.29) is 11.9 Å². The number of carbonyl (C=O) groups is 1. The predicted octanol–water partition coefficient (Wildman–Crippen LogP) is 2.75. The molecule has 2 atom stereocenters. The second-order valence-electron chi connectivity index (χ2n) is 9.02. The van der Waals surface area contributed by atoms with Crippen molar-refractivity contribution in [3.8, 4) is 0 Å². The number of pyridine rings is 1. The highest BCUT2D eigenvalue weighted by molar-refractivity contribution is 5.82. The van der Waals surface area contributed by atoms with E-state index in [1.54, 1.807) is 4.90 Å². The first kappa shape index (κ1) is 21.8. The van der Waals surface area contributed by atoms with Crippen molar-refractivity contribution >= 4 is 11.7 Å². The minimum atomic E-state index is -0.181. The molecule has 0 radical (unpaired) electrons. The number of hydrogen-bond donors (Lipinski definition) is 0. The minimum absolute atomic E-state index is 0.177. The Balaban J connectivity index is 1.36. The van der Waals surface area contributed by atoms with Crippen molar-refractivity contribution < 1.29 is 4.79 Å². The summed E-state index contributed by atoms with van der Waals surface area (Å²) in [6.07, 6.45) is 4.27. The predicted molar refractivity (Wildman–Crippen MR) is 125 cm³/mol. The van der Waals surface area contributed by atoms with Gasteiger partial charge in [-0.05, 0) is 43.0 Å². The molecule has 2 aliphatic heterocycles. The van der Waals surface area contributed by atoms with Crippen molar-refractivity contribution in [1.29, 1.82) is 0 Å². The van der Waals surface area contributed by atoms with Gasteiger partial charge in [-0.1, -0.05) is 36.4 Å². The quantitative estimate of drug-likeness (QED) is 0.718. The molecule has 31 heavy (non-hydrogen) atoms. The van der Waals surface area contributed by atoms with Gasteiger partial charge in [-0.25, -0.2) is 4.98 Å². The molecule has 6 nitrogen and oxygen atoms in total. The molecule has 0 saturated carbocycles. The van der Waals surface area contributed by atoms with Crippen LogP contribution in [0.2, 0.25) is 0 Å². The summed E-state index contributed by atoms with van der Waals surface area (Å²) in [5.41, 5.74) is 1.10. The Morgan fingerprint density at radius 1 is 1.03 bits per heavy atom. The van der Waals surface area contributed by atoms with Crippen molar-refractivity contribution in [2.75, 3.05) is 64.8 Å². The van der Waals surface area contributed by atoms with Crippen LogP contribution in [0.25, 0.3) is 0 Å². The van der Waals surface area contributed by atoms with Gasteiger partial charge in [-0.15, -0.1) is 0 Å². The van der Waals surface area contributed by atoms with Gasteiger partial charge in [-0.2, -0.15) is 0 Å². The fourth-order valence-corrected chi connectivity index (χ4v) is 4.94. The summed E-state index contributed by atoms with van der Waals surface area (Å²) < 4.78 is 0. The Hall–Kier alpha value is -2.44. The first-order valence-electron chi connectivity index (χ1n) is 11.5. The van der Waals surface area contributed by atoms with Crippen LogP contribution in [0.4, 0.5) is 5.82 Å². The third-order valence-electron chi connectivity index (χ3n) is 6.57. The van der Waals surface area contributed by atoms with Crippen LogP contribution >= 0.6 is 0 Å². The van der Waals surface area contributed by atoms with Gasteiger partial charge in [0.25, 0.3) is 0 Å². The molecular weight excluding hydrogens is 386 g/mol. The molecule has 0 N–H and O–H groups in total.